The van der Waals surface area contributed by atoms with Crippen molar-refractivity contribution in [2.24, 2.45) is 5.92 Å². The average molecular weight is 295 g/mol. The van der Waals surface area contributed by atoms with Crippen molar-refractivity contribution in [3.8, 4) is 0 Å². The molecule has 0 aromatic heterocycles. The van der Waals surface area contributed by atoms with Crippen LogP contribution in [-0.2, 0) is 10.0 Å². The number of benzene rings is 1. The Labute approximate surface area is 123 Å². The second-order valence-corrected chi connectivity index (χ2v) is 7.94. The molecule has 112 valence electrons. The molecule has 1 aliphatic rings. The van der Waals surface area contributed by atoms with Crippen LogP contribution in [0.5, 0.6) is 0 Å². The minimum atomic E-state index is -3.35. The summed E-state index contributed by atoms with van der Waals surface area (Å²) in [4.78, 5) is 0.427. The van der Waals surface area contributed by atoms with Gasteiger partial charge in [0.15, 0.2) is 0 Å². The summed E-state index contributed by atoms with van der Waals surface area (Å²) in [7, 11) is -3.35. The first kappa shape index (κ1) is 15.5. The summed E-state index contributed by atoms with van der Waals surface area (Å²) < 4.78 is 27.5. The predicted octanol–water partition coefficient (Wildman–Crippen LogP) is 3.67. The molecule has 0 spiro atoms. The molecule has 0 unspecified atom stereocenters. The lowest BCUT2D eigenvalue weighted by atomic mass is 10.1. The standard InChI is InChI=1S/C16H25NO2S/c1-14(2)12-13-17(15-8-6-7-9-15)20(18,19)16-10-4-3-5-11-16/h3-5,10-11,14-15H,6-9,12-13H2,1-2H3. The molecule has 0 aliphatic heterocycles. The fraction of sp³-hybridized carbons (Fsp3) is 0.625. The first-order valence-electron chi connectivity index (χ1n) is 7.58. The highest BCUT2D eigenvalue weighted by molar-refractivity contribution is 7.89. The highest BCUT2D eigenvalue weighted by atomic mass is 32.2. The van der Waals surface area contributed by atoms with Gasteiger partial charge in [-0.1, -0.05) is 44.9 Å². The van der Waals surface area contributed by atoms with E-state index in [9.17, 15) is 8.42 Å². The van der Waals surface area contributed by atoms with E-state index < -0.39 is 10.0 Å². The van der Waals surface area contributed by atoms with Crippen LogP contribution in [-0.4, -0.2) is 25.3 Å². The highest BCUT2D eigenvalue weighted by Gasteiger charge is 2.32. The van der Waals surface area contributed by atoms with Crippen LogP contribution in [0.1, 0.15) is 46.0 Å². The van der Waals surface area contributed by atoms with Crippen LogP contribution in [0.25, 0.3) is 0 Å². The summed E-state index contributed by atoms with van der Waals surface area (Å²) in [5.74, 6) is 0.518. The Morgan fingerprint density at radius 3 is 2.30 bits per heavy atom. The zero-order valence-electron chi connectivity index (χ0n) is 12.5. The third-order valence-corrected chi connectivity index (χ3v) is 5.97. The second kappa shape index (κ2) is 6.72. The summed E-state index contributed by atoms with van der Waals surface area (Å²) in [5.41, 5.74) is 0. The van der Waals surface area contributed by atoms with Crippen molar-refractivity contribution < 1.29 is 8.42 Å². The second-order valence-electron chi connectivity index (χ2n) is 6.05. The molecule has 0 bridgehead atoms. The largest absolute Gasteiger partial charge is 0.243 e. The van der Waals surface area contributed by atoms with Crippen molar-refractivity contribution in [1.29, 1.82) is 0 Å². The third-order valence-electron chi connectivity index (χ3n) is 4.01. The molecule has 1 saturated carbocycles. The predicted molar refractivity (Wildman–Crippen MR) is 82.0 cm³/mol. The average Bonchev–Trinajstić information content (AvgIpc) is 2.93. The Morgan fingerprint density at radius 1 is 1.15 bits per heavy atom. The van der Waals surface area contributed by atoms with Crippen molar-refractivity contribution in [2.75, 3.05) is 6.54 Å². The first-order valence-corrected chi connectivity index (χ1v) is 9.02. The van der Waals surface area contributed by atoms with Crippen LogP contribution in [0.2, 0.25) is 0 Å². The maximum absolute atomic E-state index is 12.9. The van der Waals surface area contributed by atoms with Crippen LogP contribution < -0.4 is 0 Å². The number of hydrogen-bond donors (Lipinski definition) is 0. The molecule has 2 rings (SSSR count). The molecule has 0 amide bonds. The summed E-state index contributed by atoms with van der Waals surface area (Å²) in [5, 5.41) is 0. The summed E-state index contributed by atoms with van der Waals surface area (Å²) in [6.45, 7) is 4.92. The third kappa shape index (κ3) is 3.61. The lowest BCUT2D eigenvalue weighted by Gasteiger charge is -2.28. The van der Waals surface area contributed by atoms with E-state index in [0.29, 0.717) is 17.4 Å². The SMILES string of the molecule is CC(C)CCN(C1CCCC1)S(=O)(=O)c1ccccc1. The minimum absolute atomic E-state index is 0.193. The van der Waals surface area contributed by atoms with Gasteiger partial charge in [0.2, 0.25) is 10.0 Å². The smallest absolute Gasteiger partial charge is 0.207 e. The van der Waals surface area contributed by atoms with E-state index in [4.69, 9.17) is 0 Å². The topological polar surface area (TPSA) is 37.4 Å². The number of sulfonamides is 1. The van der Waals surface area contributed by atoms with Crippen molar-refractivity contribution in [1.82, 2.24) is 4.31 Å². The molecule has 20 heavy (non-hydrogen) atoms. The van der Waals surface area contributed by atoms with E-state index >= 15 is 0 Å². The summed E-state index contributed by atoms with van der Waals surface area (Å²) in [6.07, 6.45) is 5.22. The molecule has 0 heterocycles. The Hall–Kier alpha value is -0.870. The number of rotatable bonds is 6. The Morgan fingerprint density at radius 2 is 1.75 bits per heavy atom. The minimum Gasteiger partial charge on any atom is -0.207 e. The van der Waals surface area contributed by atoms with Gasteiger partial charge in [-0.25, -0.2) is 8.42 Å². The maximum atomic E-state index is 12.9. The van der Waals surface area contributed by atoms with Crippen molar-refractivity contribution in [2.45, 2.75) is 56.9 Å². The maximum Gasteiger partial charge on any atom is 0.243 e. The van der Waals surface area contributed by atoms with Crippen LogP contribution >= 0.6 is 0 Å². The van der Waals surface area contributed by atoms with E-state index in [2.05, 4.69) is 13.8 Å². The molecule has 1 aromatic carbocycles. The number of nitrogens with zero attached hydrogens (tertiary/aromatic N) is 1. The van der Waals surface area contributed by atoms with Gasteiger partial charge < -0.3 is 0 Å². The molecule has 0 saturated heterocycles. The van der Waals surface area contributed by atoms with E-state index in [1.54, 1.807) is 28.6 Å². The molecule has 1 aromatic rings. The zero-order valence-corrected chi connectivity index (χ0v) is 13.3. The molecule has 0 radical (unpaired) electrons. The quantitative estimate of drug-likeness (QED) is 0.803. The van der Waals surface area contributed by atoms with Crippen LogP contribution in [0, 0.1) is 5.92 Å². The van der Waals surface area contributed by atoms with Crippen LogP contribution in [0.4, 0.5) is 0 Å². The van der Waals surface area contributed by atoms with Gasteiger partial charge in [0.1, 0.15) is 0 Å². The first-order chi connectivity index (χ1) is 9.51. The molecule has 1 fully saturated rings. The monoisotopic (exact) mass is 295 g/mol. The van der Waals surface area contributed by atoms with Gasteiger partial charge in [-0.15, -0.1) is 0 Å². The van der Waals surface area contributed by atoms with Gasteiger partial charge in [0, 0.05) is 12.6 Å². The van der Waals surface area contributed by atoms with E-state index in [1.165, 1.54) is 0 Å². The van der Waals surface area contributed by atoms with Gasteiger partial charge >= 0.3 is 0 Å². The fourth-order valence-corrected chi connectivity index (χ4v) is 4.53. The molecule has 1 aliphatic carbocycles. The van der Waals surface area contributed by atoms with E-state index in [1.807, 2.05) is 6.07 Å². The fourth-order valence-electron chi connectivity index (χ4n) is 2.80. The summed E-state index contributed by atoms with van der Waals surface area (Å²) >= 11 is 0. The van der Waals surface area contributed by atoms with Crippen molar-refractivity contribution >= 4 is 10.0 Å². The molecule has 0 N–H and O–H groups in total. The summed E-state index contributed by atoms with van der Waals surface area (Å²) in [6, 6.07) is 9.04. The highest BCUT2D eigenvalue weighted by Crippen LogP contribution is 2.29. The van der Waals surface area contributed by atoms with Gasteiger partial charge in [-0.2, -0.15) is 4.31 Å². The Kier molecular flexibility index (Phi) is 5.22. The lowest BCUT2D eigenvalue weighted by Crippen LogP contribution is -2.39. The van der Waals surface area contributed by atoms with Gasteiger partial charge in [-0.3, -0.25) is 0 Å². The van der Waals surface area contributed by atoms with Crippen molar-refractivity contribution in [3.63, 3.8) is 0 Å². The number of hydrogen-bond acceptors (Lipinski definition) is 2. The van der Waals surface area contributed by atoms with Crippen LogP contribution in [0.15, 0.2) is 35.2 Å². The molecular formula is C16H25NO2S. The molecule has 3 nitrogen and oxygen atoms in total. The van der Waals surface area contributed by atoms with Gasteiger partial charge in [-0.05, 0) is 37.3 Å². The lowest BCUT2D eigenvalue weighted by molar-refractivity contribution is 0.304. The van der Waals surface area contributed by atoms with E-state index in [-0.39, 0.29) is 6.04 Å². The molecule has 0 atom stereocenters. The van der Waals surface area contributed by atoms with E-state index in [0.717, 1.165) is 32.1 Å². The van der Waals surface area contributed by atoms with Gasteiger partial charge in [0.05, 0.1) is 4.90 Å². The normalized spacial score (nSPS) is 17.2. The van der Waals surface area contributed by atoms with Gasteiger partial charge in [0.25, 0.3) is 0 Å². The van der Waals surface area contributed by atoms with Crippen molar-refractivity contribution in [3.05, 3.63) is 30.3 Å². The molecule has 4 heteroatoms. The molecular weight excluding hydrogens is 270 g/mol. The zero-order chi connectivity index (χ0) is 14.6. The Bertz CT molecular complexity index is 505. The Balaban J connectivity index is 2.24. The van der Waals surface area contributed by atoms with Crippen LogP contribution in [0.3, 0.4) is 0 Å².